The van der Waals surface area contributed by atoms with Crippen molar-refractivity contribution in [2.24, 2.45) is 11.8 Å². The zero-order chi connectivity index (χ0) is 24.5. The van der Waals surface area contributed by atoms with Gasteiger partial charge < -0.3 is 18.6 Å². The summed E-state index contributed by atoms with van der Waals surface area (Å²) >= 11 is -4.23. The van der Waals surface area contributed by atoms with Crippen molar-refractivity contribution >= 4 is 33.7 Å². The lowest BCUT2D eigenvalue weighted by molar-refractivity contribution is -0.121. The van der Waals surface area contributed by atoms with Crippen molar-refractivity contribution in [1.29, 1.82) is 0 Å². The van der Waals surface area contributed by atoms with Gasteiger partial charge in [0.2, 0.25) is 0 Å². The molecule has 8 nitrogen and oxygen atoms in total. The Bertz CT molecular complexity index is 534. The van der Waals surface area contributed by atoms with Crippen LogP contribution in [0.1, 0.15) is 79.1 Å². The summed E-state index contributed by atoms with van der Waals surface area (Å²) in [5.74, 6) is -0.385. The number of unbranched alkanes of at least 4 members (excludes halogenated alkanes) is 2. The van der Waals surface area contributed by atoms with Crippen LogP contribution in [0.25, 0.3) is 0 Å². The molecule has 0 spiro atoms. The molecule has 0 aromatic rings. The van der Waals surface area contributed by atoms with Gasteiger partial charge in [-0.1, -0.05) is 40.5 Å². The van der Waals surface area contributed by atoms with E-state index in [-0.39, 0.29) is 62.7 Å². The highest BCUT2D eigenvalue weighted by molar-refractivity contribution is 7.80. The SMILES string of the molecule is CCCCC(=O)CC(C)C(COCCOCC(C(C)CC(=O)CCCC)S(=O)O)S(=O)O. The van der Waals surface area contributed by atoms with Crippen molar-refractivity contribution in [2.45, 2.75) is 89.6 Å². The Morgan fingerprint density at radius 2 is 1.09 bits per heavy atom. The maximum atomic E-state index is 11.9. The summed E-state index contributed by atoms with van der Waals surface area (Å²) in [6.07, 6.45) is 4.95. The molecule has 0 aliphatic rings. The van der Waals surface area contributed by atoms with Crippen LogP contribution >= 0.6 is 0 Å². The van der Waals surface area contributed by atoms with E-state index in [0.29, 0.717) is 12.8 Å². The van der Waals surface area contributed by atoms with Gasteiger partial charge >= 0.3 is 0 Å². The fourth-order valence-corrected chi connectivity index (χ4v) is 4.71. The quantitative estimate of drug-likeness (QED) is 0.181. The molecule has 0 saturated carbocycles. The first kappa shape index (κ1) is 31.5. The van der Waals surface area contributed by atoms with Crippen LogP contribution in [0.5, 0.6) is 0 Å². The van der Waals surface area contributed by atoms with Gasteiger partial charge in [-0.25, -0.2) is 8.42 Å². The molecule has 2 N–H and O–H groups in total. The summed E-state index contributed by atoms with van der Waals surface area (Å²) in [6.45, 7) is 7.90. The third-order valence-corrected chi connectivity index (χ3v) is 7.68. The van der Waals surface area contributed by atoms with Crippen molar-refractivity contribution in [2.75, 3.05) is 26.4 Å². The van der Waals surface area contributed by atoms with E-state index in [9.17, 15) is 27.1 Å². The molecule has 0 aliphatic carbocycles. The second-order valence-electron chi connectivity index (χ2n) is 8.43. The summed E-state index contributed by atoms with van der Waals surface area (Å²) in [7, 11) is 0. The molecule has 32 heavy (non-hydrogen) atoms. The summed E-state index contributed by atoms with van der Waals surface area (Å²) < 4.78 is 53.4. The van der Waals surface area contributed by atoms with Crippen molar-refractivity contribution in [3.63, 3.8) is 0 Å². The number of carbonyl (C=O) groups excluding carboxylic acids is 2. The van der Waals surface area contributed by atoms with E-state index < -0.39 is 32.7 Å². The lowest BCUT2D eigenvalue weighted by Crippen LogP contribution is -2.32. The average Bonchev–Trinajstić information content (AvgIpc) is 2.71. The Morgan fingerprint density at radius 1 is 0.750 bits per heavy atom. The average molecular weight is 499 g/mol. The summed E-state index contributed by atoms with van der Waals surface area (Å²) in [5, 5.41) is -1.35. The molecule has 0 amide bonds. The van der Waals surface area contributed by atoms with Gasteiger partial charge in [-0.2, -0.15) is 0 Å². The summed E-state index contributed by atoms with van der Waals surface area (Å²) in [5.41, 5.74) is 0. The largest absolute Gasteiger partial charge is 0.378 e. The molecule has 0 radical (unpaired) electrons. The molecular formula is C22H42O8S2. The number of hydrogen-bond donors (Lipinski definition) is 2. The zero-order valence-electron chi connectivity index (χ0n) is 20.0. The van der Waals surface area contributed by atoms with Gasteiger partial charge in [0.1, 0.15) is 11.6 Å². The van der Waals surface area contributed by atoms with E-state index in [1.165, 1.54) is 0 Å². The van der Waals surface area contributed by atoms with Gasteiger partial charge in [-0.3, -0.25) is 9.59 Å². The number of Topliss-reactive ketones (excluding diaryl/α,β-unsaturated/α-hetero) is 2. The van der Waals surface area contributed by atoms with Crippen LogP contribution in [0, 0.1) is 11.8 Å². The Morgan fingerprint density at radius 3 is 1.38 bits per heavy atom. The Balaban J connectivity index is 4.35. The molecule has 6 unspecified atom stereocenters. The second kappa shape index (κ2) is 18.9. The Labute approximate surface area is 198 Å². The number of ketones is 2. The zero-order valence-corrected chi connectivity index (χ0v) is 21.6. The first-order valence-corrected chi connectivity index (χ1v) is 13.9. The Hall–Kier alpha value is -0.520. The van der Waals surface area contributed by atoms with Gasteiger partial charge in [-0.05, 0) is 24.7 Å². The monoisotopic (exact) mass is 498 g/mol. The van der Waals surface area contributed by atoms with Crippen LogP contribution in [0.4, 0.5) is 0 Å². The lowest BCUT2D eigenvalue weighted by atomic mass is 9.98. The minimum Gasteiger partial charge on any atom is -0.378 e. The molecule has 0 rings (SSSR count). The van der Waals surface area contributed by atoms with Crippen LogP contribution in [0.3, 0.4) is 0 Å². The maximum Gasteiger partial charge on any atom is 0.158 e. The van der Waals surface area contributed by atoms with Crippen LogP contribution in [-0.4, -0.2) is 66.0 Å². The molecule has 0 heterocycles. The van der Waals surface area contributed by atoms with Crippen molar-refractivity contribution in [3.05, 3.63) is 0 Å². The summed E-state index contributed by atoms with van der Waals surface area (Å²) in [4.78, 5) is 23.9. The number of hydrogen-bond acceptors (Lipinski definition) is 6. The molecule has 10 heteroatoms. The molecule has 0 aliphatic heterocycles. The molecular weight excluding hydrogens is 456 g/mol. The predicted molar refractivity (Wildman–Crippen MR) is 127 cm³/mol. The predicted octanol–water partition coefficient (Wildman–Crippen LogP) is 3.77. The van der Waals surface area contributed by atoms with Crippen molar-refractivity contribution in [1.82, 2.24) is 0 Å². The van der Waals surface area contributed by atoms with Crippen LogP contribution in [0.15, 0.2) is 0 Å². The van der Waals surface area contributed by atoms with Crippen molar-refractivity contribution in [3.8, 4) is 0 Å². The first-order chi connectivity index (χ1) is 15.1. The number of ether oxygens (including phenoxy) is 2. The van der Waals surface area contributed by atoms with E-state index in [1.807, 2.05) is 13.8 Å². The molecule has 0 saturated heterocycles. The van der Waals surface area contributed by atoms with Gasteiger partial charge in [0, 0.05) is 25.7 Å². The standard InChI is InChI=1S/C22H42O8S2/c1-5-7-9-19(23)13-17(3)21(31(25)26)15-29-11-12-30-16-22(32(27)28)18(4)14-20(24)10-8-6-2/h17-18,21-22H,5-16H2,1-4H3,(H,25,26)(H,27,28). The molecule has 6 atom stereocenters. The lowest BCUT2D eigenvalue weighted by Gasteiger charge is -2.21. The number of rotatable bonds is 21. The first-order valence-electron chi connectivity index (χ1n) is 11.5. The topological polar surface area (TPSA) is 127 Å². The van der Waals surface area contributed by atoms with Gasteiger partial charge in [0.15, 0.2) is 22.2 Å². The minimum atomic E-state index is -2.11. The fourth-order valence-electron chi connectivity index (χ4n) is 3.29. The van der Waals surface area contributed by atoms with Crippen LogP contribution < -0.4 is 0 Å². The van der Waals surface area contributed by atoms with Gasteiger partial charge in [0.25, 0.3) is 0 Å². The van der Waals surface area contributed by atoms with E-state index in [1.54, 1.807) is 13.8 Å². The normalized spacial score (nSPS) is 17.3. The van der Waals surface area contributed by atoms with Crippen LogP contribution in [-0.2, 0) is 41.2 Å². The highest BCUT2D eigenvalue weighted by Crippen LogP contribution is 2.18. The molecule has 190 valence electrons. The number of carbonyl (C=O) groups is 2. The molecule has 0 aromatic carbocycles. The van der Waals surface area contributed by atoms with E-state index in [4.69, 9.17) is 9.47 Å². The highest BCUT2D eigenvalue weighted by atomic mass is 32.2. The third-order valence-electron chi connectivity index (χ3n) is 5.44. The maximum absolute atomic E-state index is 11.9. The van der Waals surface area contributed by atoms with E-state index >= 15 is 0 Å². The smallest absolute Gasteiger partial charge is 0.158 e. The second-order valence-corrected chi connectivity index (χ2v) is 10.7. The van der Waals surface area contributed by atoms with Crippen LogP contribution in [0.2, 0.25) is 0 Å². The van der Waals surface area contributed by atoms with Crippen molar-refractivity contribution < 1.29 is 36.6 Å². The van der Waals surface area contributed by atoms with E-state index in [2.05, 4.69) is 0 Å². The van der Waals surface area contributed by atoms with E-state index in [0.717, 1.165) is 25.7 Å². The minimum absolute atomic E-state index is 0.0202. The molecule has 0 aromatic heterocycles. The fraction of sp³-hybridized carbons (Fsp3) is 0.909. The summed E-state index contributed by atoms with van der Waals surface area (Å²) in [6, 6.07) is 0. The molecule has 0 fully saturated rings. The third kappa shape index (κ3) is 14.6. The van der Waals surface area contributed by atoms with Gasteiger partial charge in [-0.15, -0.1) is 0 Å². The van der Waals surface area contributed by atoms with Gasteiger partial charge in [0.05, 0.1) is 36.9 Å². The molecule has 0 bridgehead atoms. The Kier molecular flexibility index (Phi) is 18.6. The highest BCUT2D eigenvalue weighted by Gasteiger charge is 2.26.